The molecular formula is C16H33N3. The molecule has 2 saturated heterocycles. The lowest BCUT2D eigenvalue weighted by atomic mass is 9.92. The maximum absolute atomic E-state index is 3.37. The molecule has 2 aliphatic rings. The summed E-state index contributed by atoms with van der Waals surface area (Å²) < 4.78 is 0. The van der Waals surface area contributed by atoms with Crippen molar-refractivity contribution in [3.8, 4) is 0 Å². The van der Waals surface area contributed by atoms with Gasteiger partial charge in [0.05, 0.1) is 0 Å². The number of rotatable bonds is 6. The molecule has 0 spiro atoms. The molecule has 0 radical (unpaired) electrons. The van der Waals surface area contributed by atoms with Gasteiger partial charge in [-0.1, -0.05) is 13.8 Å². The van der Waals surface area contributed by atoms with Gasteiger partial charge in [-0.25, -0.2) is 0 Å². The summed E-state index contributed by atoms with van der Waals surface area (Å²) in [4.78, 5) is 5.41. The molecule has 2 rings (SSSR count). The van der Waals surface area contributed by atoms with Crippen LogP contribution in [0.25, 0.3) is 0 Å². The van der Waals surface area contributed by atoms with Crippen LogP contribution in [0.4, 0.5) is 0 Å². The first-order valence-corrected chi connectivity index (χ1v) is 8.31. The van der Waals surface area contributed by atoms with Crippen LogP contribution in [0, 0.1) is 11.8 Å². The van der Waals surface area contributed by atoms with E-state index in [0.717, 1.165) is 24.4 Å². The number of piperidine rings is 1. The molecule has 0 aliphatic carbocycles. The molecule has 0 bridgehead atoms. The summed E-state index contributed by atoms with van der Waals surface area (Å²) in [5.74, 6) is 1.71. The maximum Gasteiger partial charge on any atom is 0.0243 e. The molecule has 112 valence electrons. The number of likely N-dealkylation sites (N-methyl/N-ethyl adjacent to an activating group) is 1. The van der Waals surface area contributed by atoms with Gasteiger partial charge in [0.2, 0.25) is 0 Å². The van der Waals surface area contributed by atoms with E-state index < -0.39 is 0 Å². The number of nitrogens with zero attached hydrogens (tertiary/aromatic N) is 2. The van der Waals surface area contributed by atoms with Crippen LogP contribution < -0.4 is 5.32 Å². The Balaban J connectivity index is 1.74. The predicted octanol–water partition coefficient (Wildman–Crippen LogP) is 2.04. The number of hydrogen-bond acceptors (Lipinski definition) is 3. The quantitative estimate of drug-likeness (QED) is 0.794. The first kappa shape index (κ1) is 15.3. The van der Waals surface area contributed by atoms with Crippen molar-refractivity contribution in [1.82, 2.24) is 15.1 Å². The normalized spacial score (nSPS) is 25.3. The Morgan fingerprint density at radius 2 is 1.68 bits per heavy atom. The Morgan fingerprint density at radius 3 is 2.21 bits per heavy atom. The number of likely N-dealkylation sites (tertiary alicyclic amines) is 2. The molecule has 1 N–H and O–H groups in total. The molecule has 0 aromatic carbocycles. The Hall–Kier alpha value is -0.120. The van der Waals surface area contributed by atoms with Gasteiger partial charge in [-0.2, -0.15) is 0 Å². The summed E-state index contributed by atoms with van der Waals surface area (Å²) in [6.45, 7) is 12.5. The molecular weight excluding hydrogens is 234 g/mol. The second-order valence-electron chi connectivity index (χ2n) is 6.86. The largest absolute Gasteiger partial charge is 0.318 e. The lowest BCUT2D eigenvalue weighted by Crippen LogP contribution is -2.49. The van der Waals surface area contributed by atoms with Gasteiger partial charge in [0, 0.05) is 19.1 Å². The van der Waals surface area contributed by atoms with Crippen molar-refractivity contribution < 1.29 is 0 Å². The molecule has 2 fully saturated rings. The van der Waals surface area contributed by atoms with Crippen LogP contribution in [-0.2, 0) is 0 Å². The molecule has 0 aromatic heterocycles. The highest BCUT2D eigenvalue weighted by atomic mass is 15.2. The molecule has 0 aromatic rings. The minimum Gasteiger partial charge on any atom is -0.318 e. The van der Waals surface area contributed by atoms with Crippen molar-refractivity contribution >= 4 is 0 Å². The summed E-state index contributed by atoms with van der Waals surface area (Å²) in [6.07, 6.45) is 5.67. The zero-order valence-electron chi connectivity index (χ0n) is 13.2. The van der Waals surface area contributed by atoms with Crippen molar-refractivity contribution in [2.24, 2.45) is 11.8 Å². The van der Waals surface area contributed by atoms with E-state index in [1.807, 2.05) is 0 Å². The van der Waals surface area contributed by atoms with Gasteiger partial charge in [0.15, 0.2) is 0 Å². The van der Waals surface area contributed by atoms with Crippen LogP contribution in [0.1, 0.15) is 39.5 Å². The maximum atomic E-state index is 3.37. The van der Waals surface area contributed by atoms with Crippen LogP contribution in [0.3, 0.4) is 0 Å². The van der Waals surface area contributed by atoms with E-state index in [2.05, 4.69) is 36.0 Å². The first-order chi connectivity index (χ1) is 9.20. The molecule has 3 nitrogen and oxygen atoms in total. The van der Waals surface area contributed by atoms with Gasteiger partial charge in [-0.15, -0.1) is 0 Å². The topological polar surface area (TPSA) is 18.5 Å². The van der Waals surface area contributed by atoms with Gasteiger partial charge < -0.3 is 10.2 Å². The van der Waals surface area contributed by atoms with Crippen LogP contribution in [0.15, 0.2) is 0 Å². The number of nitrogens with one attached hydrogen (secondary N) is 1. The summed E-state index contributed by atoms with van der Waals surface area (Å²) in [5.41, 5.74) is 0. The highest BCUT2D eigenvalue weighted by molar-refractivity contribution is 4.83. The lowest BCUT2D eigenvalue weighted by molar-refractivity contribution is 0.0924. The molecule has 3 heteroatoms. The molecule has 1 atom stereocenters. The summed E-state index contributed by atoms with van der Waals surface area (Å²) in [7, 11) is 2.08. The lowest BCUT2D eigenvalue weighted by Gasteiger charge is -2.40. The van der Waals surface area contributed by atoms with Crippen molar-refractivity contribution in [1.29, 1.82) is 0 Å². The van der Waals surface area contributed by atoms with E-state index in [9.17, 15) is 0 Å². The average molecular weight is 267 g/mol. The highest BCUT2D eigenvalue weighted by Crippen LogP contribution is 2.23. The van der Waals surface area contributed by atoms with E-state index in [1.165, 1.54) is 58.4 Å². The van der Waals surface area contributed by atoms with Gasteiger partial charge >= 0.3 is 0 Å². The van der Waals surface area contributed by atoms with Gasteiger partial charge in [0.1, 0.15) is 0 Å². The minimum absolute atomic E-state index is 0.720. The van der Waals surface area contributed by atoms with Crippen LogP contribution >= 0.6 is 0 Å². The fraction of sp³-hybridized carbons (Fsp3) is 1.00. The van der Waals surface area contributed by atoms with Crippen LogP contribution in [0.2, 0.25) is 0 Å². The standard InChI is InChI=1S/C16H33N3/c1-14(2)16(12-17-3)19-10-6-15(7-11-19)13-18-8-4-5-9-18/h14-17H,4-13H2,1-3H3. The molecule has 2 aliphatic heterocycles. The fourth-order valence-corrected chi connectivity index (χ4v) is 3.79. The third kappa shape index (κ3) is 4.44. The third-order valence-electron chi connectivity index (χ3n) is 5.02. The van der Waals surface area contributed by atoms with E-state index in [1.54, 1.807) is 0 Å². The Labute approximate surface area is 119 Å². The van der Waals surface area contributed by atoms with Crippen molar-refractivity contribution in [3.05, 3.63) is 0 Å². The predicted molar refractivity (Wildman–Crippen MR) is 82.5 cm³/mol. The monoisotopic (exact) mass is 267 g/mol. The Morgan fingerprint density at radius 1 is 1.05 bits per heavy atom. The SMILES string of the molecule is CNCC(C(C)C)N1CCC(CN2CCCC2)CC1. The average Bonchev–Trinajstić information content (AvgIpc) is 2.90. The fourth-order valence-electron chi connectivity index (χ4n) is 3.79. The summed E-state index contributed by atoms with van der Waals surface area (Å²) in [6, 6.07) is 0.720. The molecule has 0 amide bonds. The van der Waals surface area contributed by atoms with Crippen LogP contribution in [-0.4, -0.2) is 62.2 Å². The van der Waals surface area contributed by atoms with E-state index >= 15 is 0 Å². The highest BCUT2D eigenvalue weighted by Gasteiger charge is 2.27. The Bertz CT molecular complexity index is 240. The van der Waals surface area contributed by atoms with E-state index in [0.29, 0.717) is 0 Å². The van der Waals surface area contributed by atoms with Crippen LogP contribution in [0.5, 0.6) is 0 Å². The van der Waals surface area contributed by atoms with Gasteiger partial charge in [-0.3, -0.25) is 4.90 Å². The van der Waals surface area contributed by atoms with E-state index in [-0.39, 0.29) is 0 Å². The van der Waals surface area contributed by atoms with Crippen molar-refractivity contribution in [3.63, 3.8) is 0 Å². The molecule has 1 unspecified atom stereocenters. The number of hydrogen-bond donors (Lipinski definition) is 1. The third-order valence-corrected chi connectivity index (χ3v) is 5.02. The second kappa shape index (κ2) is 7.61. The smallest absolute Gasteiger partial charge is 0.0243 e. The Kier molecular flexibility index (Phi) is 6.11. The van der Waals surface area contributed by atoms with Crippen molar-refractivity contribution in [2.75, 3.05) is 46.3 Å². The van der Waals surface area contributed by atoms with Gasteiger partial charge in [-0.05, 0) is 70.7 Å². The minimum atomic E-state index is 0.720. The zero-order chi connectivity index (χ0) is 13.7. The van der Waals surface area contributed by atoms with E-state index in [4.69, 9.17) is 0 Å². The first-order valence-electron chi connectivity index (χ1n) is 8.31. The summed E-state index contributed by atoms with van der Waals surface area (Å²) >= 11 is 0. The van der Waals surface area contributed by atoms with Gasteiger partial charge in [0.25, 0.3) is 0 Å². The van der Waals surface area contributed by atoms with Crippen molar-refractivity contribution in [2.45, 2.75) is 45.6 Å². The summed E-state index contributed by atoms with van der Waals surface area (Å²) in [5, 5.41) is 3.37. The molecule has 0 saturated carbocycles. The molecule has 19 heavy (non-hydrogen) atoms. The second-order valence-corrected chi connectivity index (χ2v) is 6.86. The zero-order valence-corrected chi connectivity index (χ0v) is 13.2. The molecule has 2 heterocycles.